The van der Waals surface area contributed by atoms with Crippen molar-refractivity contribution < 1.29 is 9.32 Å². The van der Waals surface area contributed by atoms with Crippen LogP contribution in [0.15, 0.2) is 10.6 Å². The van der Waals surface area contributed by atoms with Crippen LogP contribution >= 0.6 is 11.3 Å². The Morgan fingerprint density at radius 3 is 2.91 bits per heavy atom. The van der Waals surface area contributed by atoms with Crippen molar-refractivity contribution in [3.8, 4) is 0 Å². The molecule has 0 aliphatic carbocycles. The Kier molecular flexibility index (Phi) is 5.07. The average Bonchev–Trinajstić information content (AvgIpc) is 3.12. The smallest absolute Gasteiger partial charge is 0.263 e. The lowest BCUT2D eigenvalue weighted by Crippen LogP contribution is -2.28. The van der Waals surface area contributed by atoms with Crippen molar-refractivity contribution >= 4 is 17.2 Å². The summed E-state index contributed by atoms with van der Waals surface area (Å²) in [6.45, 7) is 6.27. The van der Waals surface area contributed by atoms with E-state index < -0.39 is 0 Å². The minimum Gasteiger partial charge on any atom is -0.359 e. The van der Waals surface area contributed by atoms with Crippen molar-refractivity contribution in [2.45, 2.75) is 39.7 Å². The van der Waals surface area contributed by atoms with Crippen LogP contribution in [-0.4, -0.2) is 29.1 Å². The van der Waals surface area contributed by atoms with Gasteiger partial charge in [-0.1, -0.05) is 5.16 Å². The van der Waals surface area contributed by atoms with Gasteiger partial charge >= 0.3 is 0 Å². The van der Waals surface area contributed by atoms with Crippen LogP contribution in [0.1, 0.15) is 44.7 Å². The largest absolute Gasteiger partial charge is 0.359 e. The van der Waals surface area contributed by atoms with Crippen LogP contribution < -0.4 is 10.6 Å². The molecular formula is C16H22N4O2S. The summed E-state index contributed by atoms with van der Waals surface area (Å²) in [7, 11) is 0. The molecule has 0 aromatic carbocycles. The van der Waals surface area contributed by atoms with Crippen molar-refractivity contribution in [1.29, 1.82) is 0 Å². The van der Waals surface area contributed by atoms with Crippen LogP contribution in [0.3, 0.4) is 0 Å². The first-order valence-corrected chi connectivity index (χ1v) is 8.81. The second-order valence-corrected chi connectivity index (χ2v) is 7.12. The van der Waals surface area contributed by atoms with Crippen LogP contribution in [-0.2, 0) is 13.0 Å². The molecule has 2 aromatic heterocycles. The second kappa shape index (κ2) is 7.23. The van der Waals surface area contributed by atoms with Crippen molar-refractivity contribution in [1.82, 2.24) is 20.8 Å². The zero-order chi connectivity index (χ0) is 16.2. The molecule has 0 unspecified atom stereocenters. The average molecular weight is 334 g/mol. The first-order chi connectivity index (χ1) is 11.1. The summed E-state index contributed by atoms with van der Waals surface area (Å²) >= 11 is 1.51. The zero-order valence-corrected chi connectivity index (χ0v) is 14.3. The molecule has 1 fully saturated rings. The lowest BCUT2D eigenvalue weighted by molar-refractivity contribution is 0.0950. The number of nitrogens with zero attached hydrogens (tertiary/aromatic N) is 2. The molecule has 2 N–H and O–H groups in total. The molecule has 0 radical (unpaired) electrons. The maximum atomic E-state index is 12.3. The molecule has 1 aliphatic rings. The molecule has 0 spiro atoms. The first kappa shape index (κ1) is 16.1. The number of amides is 1. The van der Waals surface area contributed by atoms with E-state index >= 15 is 0 Å². The van der Waals surface area contributed by atoms with Gasteiger partial charge in [0, 0.05) is 12.5 Å². The van der Waals surface area contributed by atoms with Crippen molar-refractivity contribution in [3.05, 3.63) is 33.1 Å². The number of aromatic nitrogens is 2. The van der Waals surface area contributed by atoms with Crippen LogP contribution in [0.5, 0.6) is 0 Å². The van der Waals surface area contributed by atoms with Gasteiger partial charge in [-0.05, 0) is 45.7 Å². The van der Waals surface area contributed by atoms with Gasteiger partial charge in [0.15, 0.2) is 5.76 Å². The first-order valence-electron chi connectivity index (χ1n) is 7.99. The molecule has 0 atom stereocenters. The molecular weight excluding hydrogens is 312 g/mol. The summed E-state index contributed by atoms with van der Waals surface area (Å²) in [6, 6.07) is 1.82. The Bertz CT molecular complexity index is 673. The van der Waals surface area contributed by atoms with Gasteiger partial charge in [-0.15, -0.1) is 11.3 Å². The molecule has 1 saturated heterocycles. The minimum atomic E-state index is -0.0920. The molecule has 0 bridgehead atoms. The van der Waals surface area contributed by atoms with Gasteiger partial charge < -0.3 is 15.2 Å². The fourth-order valence-electron chi connectivity index (χ4n) is 2.83. The number of hydrogen-bond donors (Lipinski definition) is 2. The summed E-state index contributed by atoms with van der Waals surface area (Å²) < 4.78 is 5.10. The molecule has 124 valence electrons. The summed E-state index contributed by atoms with van der Waals surface area (Å²) in [5, 5.41) is 11.1. The molecule has 2 aromatic rings. The predicted octanol–water partition coefficient (Wildman–Crippen LogP) is 2.22. The fraction of sp³-hybridized carbons (Fsp3) is 0.562. The molecule has 6 nitrogen and oxygen atoms in total. The Morgan fingerprint density at radius 2 is 2.22 bits per heavy atom. The number of carbonyl (C=O) groups is 1. The molecule has 7 heteroatoms. The van der Waals surface area contributed by atoms with Gasteiger partial charge in [0.2, 0.25) is 0 Å². The monoisotopic (exact) mass is 334 g/mol. The number of thiazole rings is 1. The van der Waals surface area contributed by atoms with Crippen LogP contribution in [0.2, 0.25) is 0 Å². The summed E-state index contributed by atoms with van der Waals surface area (Å²) in [5.41, 5.74) is 1.62. The van der Waals surface area contributed by atoms with Gasteiger partial charge in [-0.25, -0.2) is 4.98 Å². The number of piperidine rings is 1. The lowest BCUT2D eigenvalue weighted by Gasteiger charge is -2.21. The van der Waals surface area contributed by atoms with E-state index in [9.17, 15) is 4.79 Å². The molecule has 3 heterocycles. The third-order valence-corrected chi connectivity index (χ3v) is 5.25. The molecule has 0 saturated carbocycles. The van der Waals surface area contributed by atoms with E-state index in [1.165, 1.54) is 24.2 Å². The molecule has 1 aliphatic heterocycles. The highest BCUT2D eigenvalue weighted by Crippen LogP contribution is 2.24. The third-order valence-electron chi connectivity index (χ3n) is 4.07. The number of carbonyl (C=O) groups excluding carboxylic acids is 1. The van der Waals surface area contributed by atoms with Gasteiger partial charge in [0.25, 0.3) is 5.91 Å². The second-order valence-electron chi connectivity index (χ2n) is 6.04. The predicted molar refractivity (Wildman–Crippen MR) is 88.6 cm³/mol. The molecule has 23 heavy (non-hydrogen) atoms. The van der Waals surface area contributed by atoms with E-state index in [1.54, 1.807) is 0 Å². The highest BCUT2D eigenvalue weighted by molar-refractivity contribution is 7.13. The van der Waals surface area contributed by atoms with E-state index in [1.807, 2.05) is 19.9 Å². The standard InChI is InChI=1S/C16H22N4O2S/c1-10-7-13(22-20-10)9-18-16(21)15-11(2)19-14(23-15)8-12-3-5-17-6-4-12/h7,12,17H,3-6,8-9H2,1-2H3,(H,18,21). The van der Waals surface area contributed by atoms with Crippen molar-refractivity contribution in [3.63, 3.8) is 0 Å². The summed E-state index contributed by atoms with van der Waals surface area (Å²) in [4.78, 5) is 17.6. The van der Waals surface area contributed by atoms with Crippen LogP contribution in [0.25, 0.3) is 0 Å². The van der Waals surface area contributed by atoms with Gasteiger partial charge in [0.1, 0.15) is 4.88 Å². The highest BCUT2D eigenvalue weighted by atomic mass is 32.1. The van der Waals surface area contributed by atoms with E-state index in [4.69, 9.17) is 4.52 Å². The van der Waals surface area contributed by atoms with Crippen molar-refractivity contribution in [2.24, 2.45) is 5.92 Å². The number of hydrogen-bond acceptors (Lipinski definition) is 6. The quantitative estimate of drug-likeness (QED) is 0.876. The Hall–Kier alpha value is -1.73. The SMILES string of the molecule is Cc1cc(CNC(=O)c2sc(CC3CCNCC3)nc2C)on1. The molecule has 3 rings (SSSR count). The number of rotatable bonds is 5. The Labute approximate surface area is 139 Å². The third kappa shape index (κ3) is 4.17. The summed E-state index contributed by atoms with van der Waals surface area (Å²) in [5.74, 6) is 1.24. The highest BCUT2D eigenvalue weighted by Gasteiger charge is 2.19. The number of aryl methyl sites for hydroxylation is 2. The van der Waals surface area contributed by atoms with E-state index in [-0.39, 0.29) is 5.91 Å². The van der Waals surface area contributed by atoms with Crippen LogP contribution in [0, 0.1) is 19.8 Å². The topological polar surface area (TPSA) is 80.0 Å². The lowest BCUT2D eigenvalue weighted by atomic mass is 9.95. The normalized spacial score (nSPS) is 15.7. The molecule has 1 amide bonds. The van der Waals surface area contributed by atoms with E-state index in [2.05, 4.69) is 20.8 Å². The zero-order valence-electron chi connectivity index (χ0n) is 13.5. The van der Waals surface area contributed by atoms with Crippen LogP contribution in [0.4, 0.5) is 0 Å². The van der Waals surface area contributed by atoms with Gasteiger partial charge in [-0.2, -0.15) is 0 Å². The van der Waals surface area contributed by atoms with E-state index in [0.29, 0.717) is 23.1 Å². The summed E-state index contributed by atoms with van der Waals surface area (Å²) in [6.07, 6.45) is 3.35. The van der Waals surface area contributed by atoms with Crippen molar-refractivity contribution in [2.75, 3.05) is 13.1 Å². The minimum absolute atomic E-state index is 0.0920. The van der Waals surface area contributed by atoms with E-state index in [0.717, 1.165) is 35.9 Å². The Morgan fingerprint density at radius 1 is 1.43 bits per heavy atom. The van der Waals surface area contributed by atoms with Gasteiger partial charge in [0.05, 0.1) is 22.9 Å². The number of nitrogens with one attached hydrogen (secondary N) is 2. The Balaban J connectivity index is 1.59. The maximum absolute atomic E-state index is 12.3. The maximum Gasteiger partial charge on any atom is 0.263 e. The van der Waals surface area contributed by atoms with Gasteiger partial charge in [-0.3, -0.25) is 4.79 Å². The fourth-order valence-corrected chi connectivity index (χ4v) is 3.93.